The first-order valence-electron chi connectivity index (χ1n) is 7.78. The van der Waals surface area contributed by atoms with Crippen LogP contribution in [0.1, 0.15) is 49.1 Å². The Morgan fingerprint density at radius 3 is 2.96 bits per heavy atom. The minimum Gasteiger partial charge on any atom is -0.340 e. The van der Waals surface area contributed by atoms with Gasteiger partial charge >= 0.3 is 6.03 Å². The molecule has 1 aromatic heterocycles. The van der Waals surface area contributed by atoms with Gasteiger partial charge in [-0.25, -0.2) is 4.79 Å². The highest BCUT2D eigenvalue weighted by atomic mass is 35.5. The van der Waals surface area contributed by atoms with Crippen LogP contribution in [0.2, 0.25) is 10.0 Å². The molecule has 1 unspecified atom stereocenters. The molecule has 1 aromatic carbocycles. The zero-order chi connectivity index (χ0) is 17.3. The second-order valence-electron chi connectivity index (χ2n) is 5.86. The molecule has 2 amide bonds. The summed E-state index contributed by atoms with van der Waals surface area (Å²) in [6.07, 6.45) is 1.72. The lowest BCUT2D eigenvalue weighted by Gasteiger charge is -2.25. The second kappa shape index (κ2) is 6.99. The maximum atomic E-state index is 12.7. The summed E-state index contributed by atoms with van der Waals surface area (Å²) < 4.78 is 5.03. The minimum atomic E-state index is -0.267. The molecule has 2 heterocycles. The Hall–Kier alpha value is -1.79. The van der Waals surface area contributed by atoms with E-state index in [4.69, 9.17) is 27.7 Å². The Balaban J connectivity index is 1.73. The number of rotatable bonds is 3. The van der Waals surface area contributed by atoms with Crippen LogP contribution in [0, 0.1) is 6.92 Å². The molecule has 0 spiro atoms. The standard InChI is InChI=1S/C16H18Cl2N4O2/c1-9(12-8-11(17)5-6-13(12)18)19-16(23)22-7-3-4-14(22)15-20-10(2)24-21-15/h5-6,8-9,14H,3-4,7H2,1-2H3,(H,19,23)/t9-,14?/m0/s1. The highest BCUT2D eigenvalue weighted by molar-refractivity contribution is 6.33. The maximum Gasteiger partial charge on any atom is 0.318 e. The number of hydrogen-bond acceptors (Lipinski definition) is 4. The second-order valence-corrected chi connectivity index (χ2v) is 6.70. The van der Waals surface area contributed by atoms with Crippen molar-refractivity contribution in [3.63, 3.8) is 0 Å². The lowest BCUT2D eigenvalue weighted by molar-refractivity contribution is 0.186. The molecule has 1 aliphatic heterocycles. The highest BCUT2D eigenvalue weighted by Gasteiger charge is 2.33. The van der Waals surface area contributed by atoms with Crippen LogP contribution in [0.25, 0.3) is 0 Å². The van der Waals surface area contributed by atoms with E-state index in [0.29, 0.717) is 28.3 Å². The molecule has 2 aromatic rings. The summed E-state index contributed by atoms with van der Waals surface area (Å²) in [5.74, 6) is 1.05. The van der Waals surface area contributed by atoms with Gasteiger partial charge in [0.2, 0.25) is 5.89 Å². The maximum absolute atomic E-state index is 12.7. The number of aromatic nitrogens is 2. The first-order valence-corrected chi connectivity index (χ1v) is 8.53. The fraction of sp³-hybridized carbons (Fsp3) is 0.438. The van der Waals surface area contributed by atoms with Gasteiger partial charge in [-0.2, -0.15) is 4.98 Å². The fourth-order valence-electron chi connectivity index (χ4n) is 2.92. The first-order chi connectivity index (χ1) is 11.5. The van der Waals surface area contributed by atoms with Crippen molar-refractivity contribution >= 4 is 29.2 Å². The number of hydrogen-bond donors (Lipinski definition) is 1. The summed E-state index contributed by atoms with van der Waals surface area (Å²) in [7, 11) is 0. The smallest absolute Gasteiger partial charge is 0.318 e. The molecule has 1 saturated heterocycles. The van der Waals surface area contributed by atoms with Crippen LogP contribution >= 0.6 is 23.2 Å². The summed E-state index contributed by atoms with van der Waals surface area (Å²) in [4.78, 5) is 18.7. The van der Waals surface area contributed by atoms with E-state index in [1.165, 1.54) is 0 Å². The third-order valence-corrected chi connectivity index (χ3v) is 4.70. The Bertz CT molecular complexity index is 749. The van der Waals surface area contributed by atoms with E-state index in [2.05, 4.69) is 15.5 Å². The highest BCUT2D eigenvalue weighted by Crippen LogP contribution is 2.31. The monoisotopic (exact) mass is 368 g/mol. The Kier molecular flexibility index (Phi) is 4.96. The number of halogens is 2. The summed E-state index contributed by atoms with van der Waals surface area (Å²) in [5.41, 5.74) is 0.781. The van der Waals surface area contributed by atoms with Crippen LogP contribution < -0.4 is 5.32 Å². The van der Waals surface area contributed by atoms with E-state index in [1.807, 2.05) is 6.92 Å². The zero-order valence-corrected chi connectivity index (χ0v) is 14.9. The molecule has 1 aliphatic rings. The van der Waals surface area contributed by atoms with Crippen molar-refractivity contribution in [1.82, 2.24) is 20.4 Å². The molecule has 8 heteroatoms. The number of nitrogens with zero attached hydrogens (tertiary/aromatic N) is 3. The van der Waals surface area contributed by atoms with Gasteiger partial charge in [0.1, 0.15) is 0 Å². The predicted molar refractivity (Wildman–Crippen MR) is 91.1 cm³/mol. The number of likely N-dealkylation sites (tertiary alicyclic amines) is 1. The third kappa shape index (κ3) is 3.49. The lowest BCUT2D eigenvalue weighted by Crippen LogP contribution is -2.40. The van der Waals surface area contributed by atoms with Crippen LogP contribution in [-0.4, -0.2) is 27.6 Å². The van der Waals surface area contributed by atoms with Crippen LogP contribution in [0.3, 0.4) is 0 Å². The van der Waals surface area contributed by atoms with Crippen LogP contribution in [0.15, 0.2) is 22.7 Å². The quantitative estimate of drug-likeness (QED) is 0.876. The largest absolute Gasteiger partial charge is 0.340 e. The Labute approximate surface area is 150 Å². The van der Waals surface area contributed by atoms with Gasteiger partial charge in [0.15, 0.2) is 5.82 Å². The predicted octanol–water partition coefficient (Wildman–Crippen LogP) is 4.29. The van der Waals surface area contributed by atoms with Crippen molar-refractivity contribution in [3.05, 3.63) is 45.5 Å². The van der Waals surface area contributed by atoms with E-state index >= 15 is 0 Å². The Morgan fingerprint density at radius 2 is 2.25 bits per heavy atom. The van der Waals surface area contributed by atoms with Crippen molar-refractivity contribution in [3.8, 4) is 0 Å². The van der Waals surface area contributed by atoms with E-state index in [-0.39, 0.29) is 18.1 Å². The number of nitrogens with one attached hydrogen (secondary N) is 1. The molecule has 0 aliphatic carbocycles. The molecular weight excluding hydrogens is 351 g/mol. The summed E-state index contributed by atoms with van der Waals surface area (Å²) >= 11 is 12.2. The fourth-order valence-corrected chi connectivity index (χ4v) is 3.38. The molecule has 2 atom stereocenters. The molecule has 128 valence electrons. The van der Waals surface area contributed by atoms with E-state index in [9.17, 15) is 4.79 Å². The number of amides is 2. The van der Waals surface area contributed by atoms with Gasteiger partial charge in [0.05, 0.1) is 12.1 Å². The molecular formula is C16H18Cl2N4O2. The summed E-state index contributed by atoms with van der Waals surface area (Å²) in [6, 6.07) is 4.60. The minimum absolute atomic E-state index is 0.163. The van der Waals surface area contributed by atoms with E-state index in [1.54, 1.807) is 30.0 Å². The molecule has 0 bridgehead atoms. The van der Waals surface area contributed by atoms with Crippen molar-refractivity contribution in [1.29, 1.82) is 0 Å². The normalized spacial score (nSPS) is 18.7. The van der Waals surface area contributed by atoms with Gasteiger partial charge in [-0.1, -0.05) is 28.4 Å². The van der Waals surface area contributed by atoms with Gasteiger partial charge in [-0.05, 0) is 43.5 Å². The van der Waals surface area contributed by atoms with Crippen LogP contribution in [0.4, 0.5) is 4.79 Å². The molecule has 3 rings (SSSR count). The molecule has 1 N–H and O–H groups in total. The van der Waals surface area contributed by atoms with Crippen molar-refractivity contribution < 1.29 is 9.32 Å². The number of aryl methyl sites for hydroxylation is 1. The number of benzene rings is 1. The van der Waals surface area contributed by atoms with Gasteiger partial charge in [-0.3, -0.25) is 0 Å². The molecule has 1 fully saturated rings. The average Bonchev–Trinajstić information content (AvgIpc) is 3.17. The summed E-state index contributed by atoms with van der Waals surface area (Å²) in [5, 5.41) is 8.07. The number of carbonyl (C=O) groups is 1. The number of urea groups is 1. The van der Waals surface area contributed by atoms with Crippen LogP contribution in [0.5, 0.6) is 0 Å². The van der Waals surface area contributed by atoms with Gasteiger partial charge < -0.3 is 14.7 Å². The molecule has 0 saturated carbocycles. The Morgan fingerprint density at radius 1 is 1.46 bits per heavy atom. The molecule has 6 nitrogen and oxygen atoms in total. The average molecular weight is 369 g/mol. The van der Waals surface area contributed by atoms with Crippen molar-refractivity contribution in [2.75, 3.05) is 6.54 Å². The topological polar surface area (TPSA) is 71.3 Å². The zero-order valence-electron chi connectivity index (χ0n) is 13.4. The van der Waals surface area contributed by atoms with Gasteiger partial charge in [0.25, 0.3) is 0 Å². The number of carbonyl (C=O) groups excluding carboxylic acids is 1. The van der Waals surface area contributed by atoms with Gasteiger partial charge in [0, 0.05) is 23.5 Å². The van der Waals surface area contributed by atoms with Crippen molar-refractivity contribution in [2.24, 2.45) is 0 Å². The first kappa shape index (κ1) is 17.0. The van der Waals surface area contributed by atoms with Gasteiger partial charge in [-0.15, -0.1) is 0 Å². The van der Waals surface area contributed by atoms with E-state index in [0.717, 1.165) is 18.4 Å². The summed E-state index contributed by atoms with van der Waals surface area (Å²) in [6.45, 7) is 4.26. The SMILES string of the molecule is Cc1nc(C2CCCN2C(=O)N[C@@H](C)c2cc(Cl)ccc2Cl)no1. The lowest BCUT2D eigenvalue weighted by atomic mass is 10.1. The molecule has 24 heavy (non-hydrogen) atoms. The van der Waals surface area contributed by atoms with Crippen molar-refractivity contribution in [2.45, 2.75) is 38.8 Å². The van der Waals surface area contributed by atoms with E-state index < -0.39 is 0 Å². The van der Waals surface area contributed by atoms with Crippen LogP contribution in [-0.2, 0) is 0 Å². The third-order valence-electron chi connectivity index (χ3n) is 4.12. The molecule has 0 radical (unpaired) electrons.